The van der Waals surface area contributed by atoms with Crippen LogP contribution in [0, 0.1) is 5.92 Å². The average molecular weight is 384 g/mol. The maximum Gasteiger partial charge on any atom is 0.265 e. The van der Waals surface area contributed by atoms with Gasteiger partial charge in [0.1, 0.15) is 6.61 Å². The van der Waals surface area contributed by atoms with E-state index in [-0.39, 0.29) is 49.1 Å². The molecule has 1 heterocycles. The summed E-state index contributed by atoms with van der Waals surface area (Å²) in [6, 6.07) is 3.48. The summed E-state index contributed by atoms with van der Waals surface area (Å²) in [5, 5.41) is 5.65. The highest BCUT2D eigenvalue weighted by molar-refractivity contribution is 5.97. The molecular weight excluding hydrogens is 358 g/mol. The Bertz CT molecular complexity index is 670. The molecule has 150 valence electrons. The lowest BCUT2D eigenvalue weighted by Crippen LogP contribution is -2.47. The first kappa shape index (κ1) is 21.2. The zero-order valence-corrected chi connectivity index (χ0v) is 15.5. The average Bonchev–Trinajstić information content (AvgIpc) is 2.62. The summed E-state index contributed by atoms with van der Waals surface area (Å²) in [4.78, 5) is 25.6. The molecule has 2 rings (SSSR count). The number of amides is 2. The topological polar surface area (TPSA) is 96.7 Å². The number of hydrogen-bond acceptors (Lipinski definition) is 5. The van der Waals surface area contributed by atoms with Crippen LogP contribution >= 0.6 is 0 Å². The van der Waals surface area contributed by atoms with E-state index in [1.54, 1.807) is 0 Å². The third-order valence-corrected chi connectivity index (χ3v) is 4.13. The number of anilines is 2. The van der Waals surface area contributed by atoms with Gasteiger partial charge in [0.15, 0.2) is 0 Å². The molecule has 9 heteroatoms. The molecule has 1 aromatic carbocycles. The molecule has 4 N–H and O–H groups in total. The van der Waals surface area contributed by atoms with Gasteiger partial charge in [0.2, 0.25) is 5.91 Å². The van der Waals surface area contributed by atoms with Crippen molar-refractivity contribution in [2.75, 3.05) is 43.1 Å². The van der Waals surface area contributed by atoms with Gasteiger partial charge >= 0.3 is 0 Å². The maximum atomic E-state index is 13.5. The number of hydrogen-bond donors (Lipinski definition) is 3. The lowest BCUT2D eigenvalue weighted by atomic mass is 10.1. The summed E-state index contributed by atoms with van der Waals surface area (Å²) >= 11 is 0. The van der Waals surface area contributed by atoms with Crippen LogP contribution in [0.2, 0.25) is 0 Å². The minimum Gasteiger partial charge on any atom is -0.370 e. The van der Waals surface area contributed by atoms with E-state index in [9.17, 15) is 18.4 Å². The molecule has 1 saturated heterocycles. The van der Waals surface area contributed by atoms with E-state index in [1.807, 2.05) is 13.8 Å². The number of benzene rings is 1. The highest BCUT2D eigenvalue weighted by Gasteiger charge is 2.26. The normalized spacial score (nSPS) is 16.1. The van der Waals surface area contributed by atoms with Crippen molar-refractivity contribution in [1.82, 2.24) is 5.32 Å². The molecule has 2 amide bonds. The zero-order valence-electron chi connectivity index (χ0n) is 15.5. The Kier molecular flexibility index (Phi) is 7.64. The summed E-state index contributed by atoms with van der Waals surface area (Å²) in [5.74, 6) is -0.433. The largest absolute Gasteiger partial charge is 0.370 e. The molecule has 0 bridgehead atoms. The predicted octanol–water partition coefficient (Wildman–Crippen LogP) is 1.50. The van der Waals surface area contributed by atoms with Crippen LogP contribution in [0.3, 0.4) is 0 Å². The van der Waals surface area contributed by atoms with Crippen LogP contribution in [0.5, 0.6) is 0 Å². The monoisotopic (exact) mass is 384 g/mol. The zero-order chi connectivity index (χ0) is 20.0. The number of carbonyl (C=O) groups is 2. The Balaban J connectivity index is 2.17. The van der Waals surface area contributed by atoms with Crippen molar-refractivity contribution in [2.45, 2.75) is 26.3 Å². The van der Waals surface area contributed by atoms with E-state index >= 15 is 0 Å². The second-order valence-corrected chi connectivity index (χ2v) is 6.75. The number of carbonyl (C=O) groups excluding carboxylic acids is 2. The number of nitrogens with two attached hydrogens (primary N) is 1. The molecule has 27 heavy (non-hydrogen) atoms. The second-order valence-electron chi connectivity index (χ2n) is 6.75. The third-order valence-electron chi connectivity index (χ3n) is 4.13. The van der Waals surface area contributed by atoms with Crippen molar-refractivity contribution in [1.29, 1.82) is 0 Å². The van der Waals surface area contributed by atoms with E-state index < -0.39 is 18.4 Å². The van der Waals surface area contributed by atoms with Gasteiger partial charge in [-0.05, 0) is 30.7 Å². The molecule has 1 aliphatic heterocycles. The SMILES string of the molecule is CC(C)CN[C@H](CN)C(=O)Nc1ccc(N2CCOCC2=O)c(C(F)F)c1. The van der Waals surface area contributed by atoms with Gasteiger partial charge in [0.05, 0.1) is 18.3 Å². The Labute approximate surface area is 157 Å². The van der Waals surface area contributed by atoms with Gasteiger partial charge in [-0.25, -0.2) is 8.78 Å². The van der Waals surface area contributed by atoms with E-state index in [2.05, 4.69) is 10.6 Å². The van der Waals surface area contributed by atoms with E-state index in [4.69, 9.17) is 10.5 Å². The van der Waals surface area contributed by atoms with E-state index in [0.29, 0.717) is 12.5 Å². The maximum absolute atomic E-state index is 13.5. The predicted molar refractivity (Wildman–Crippen MR) is 98.9 cm³/mol. The minimum atomic E-state index is -2.79. The van der Waals surface area contributed by atoms with Crippen molar-refractivity contribution in [3.8, 4) is 0 Å². The molecule has 0 unspecified atom stereocenters. The standard InChI is InChI=1S/C18H26F2N4O3/c1-11(2)9-22-14(8-21)18(26)23-12-3-4-15(13(7-12)17(19)20)24-5-6-27-10-16(24)25/h3-4,7,11,14,17,22H,5-6,8-10,21H2,1-2H3,(H,23,26)/t14-/m1/s1. The van der Waals surface area contributed by atoms with Crippen LogP contribution in [0.15, 0.2) is 18.2 Å². The number of morpholine rings is 1. The van der Waals surface area contributed by atoms with Gasteiger partial charge in [0, 0.05) is 24.3 Å². The fourth-order valence-electron chi connectivity index (χ4n) is 2.72. The molecule has 0 saturated carbocycles. The van der Waals surface area contributed by atoms with Crippen molar-refractivity contribution in [3.63, 3.8) is 0 Å². The van der Waals surface area contributed by atoms with Crippen LogP contribution in [0.25, 0.3) is 0 Å². The number of ether oxygens (including phenoxy) is 1. The number of nitrogens with one attached hydrogen (secondary N) is 2. The first-order valence-corrected chi connectivity index (χ1v) is 8.88. The van der Waals surface area contributed by atoms with Gasteiger partial charge in [-0.1, -0.05) is 13.8 Å². The molecule has 1 aromatic rings. The van der Waals surface area contributed by atoms with Gasteiger partial charge in [-0.15, -0.1) is 0 Å². The van der Waals surface area contributed by atoms with Gasteiger partial charge in [0.25, 0.3) is 12.3 Å². The van der Waals surface area contributed by atoms with Crippen molar-refractivity contribution < 1.29 is 23.1 Å². The Morgan fingerprint density at radius 2 is 2.11 bits per heavy atom. The van der Waals surface area contributed by atoms with Crippen molar-refractivity contribution in [2.24, 2.45) is 11.7 Å². The molecule has 0 aromatic heterocycles. The Morgan fingerprint density at radius 3 is 2.70 bits per heavy atom. The van der Waals surface area contributed by atoms with Gasteiger partial charge in [-0.2, -0.15) is 0 Å². The highest BCUT2D eigenvalue weighted by atomic mass is 19.3. The smallest absolute Gasteiger partial charge is 0.265 e. The number of rotatable bonds is 8. The van der Waals surface area contributed by atoms with Gasteiger partial charge in [-0.3, -0.25) is 9.59 Å². The van der Waals surface area contributed by atoms with E-state index in [0.717, 1.165) is 0 Å². The van der Waals surface area contributed by atoms with Gasteiger partial charge < -0.3 is 26.0 Å². The Morgan fingerprint density at radius 1 is 1.37 bits per heavy atom. The number of alkyl halides is 2. The molecule has 7 nitrogen and oxygen atoms in total. The number of halogens is 2. The van der Waals surface area contributed by atoms with Crippen molar-refractivity contribution >= 4 is 23.2 Å². The quantitative estimate of drug-likeness (QED) is 0.631. The molecule has 0 spiro atoms. The second kappa shape index (κ2) is 9.72. The van der Waals surface area contributed by atoms with Crippen molar-refractivity contribution in [3.05, 3.63) is 23.8 Å². The van der Waals surface area contributed by atoms with Crippen LogP contribution in [-0.2, 0) is 14.3 Å². The molecule has 1 aliphatic rings. The summed E-state index contributed by atoms with van der Waals surface area (Å²) in [6.07, 6.45) is -2.79. The van der Waals surface area contributed by atoms with E-state index in [1.165, 1.54) is 23.1 Å². The summed E-state index contributed by atoms with van der Waals surface area (Å²) in [5.41, 5.74) is 5.67. The molecule has 1 atom stereocenters. The third kappa shape index (κ3) is 5.69. The molecule has 0 aliphatic carbocycles. The van der Waals surface area contributed by atoms with Crippen LogP contribution in [-0.4, -0.2) is 50.7 Å². The van der Waals surface area contributed by atoms with Crippen LogP contribution in [0.4, 0.5) is 20.2 Å². The molecule has 0 radical (unpaired) electrons. The fourth-order valence-corrected chi connectivity index (χ4v) is 2.72. The minimum absolute atomic E-state index is 0.0839. The first-order valence-electron chi connectivity index (χ1n) is 8.88. The van der Waals surface area contributed by atoms with Crippen LogP contribution in [0.1, 0.15) is 25.8 Å². The molecule has 1 fully saturated rings. The first-order chi connectivity index (χ1) is 12.8. The summed E-state index contributed by atoms with van der Waals surface area (Å²) in [6.45, 7) is 5.04. The Hall–Kier alpha value is -2.10. The molecular formula is C18H26F2N4O3. The number of nitrogens with zero attached hydrogens (tertiary/aromatic N) is 1. The summed E-state index contributed by atoms with van der Waals surface area (Å²) < 4.78 is 32.1. The lowest BCUT2D eigenvalue weighted by Gasteiger charge is -2.29. The van der Waals surface area contributed by atoms with Crippen LogP contribution < -0.4 is 21.3 Å². The lowest BCUT2D eigenvalue weighted by molar-refractivity contribution is -0.125. The highest BCUT2D eigenvalue weighted by Crippen LogP contribution is 2.33. The fraction of sp³-hybridized carbons (Fsp3) is 0.556. The summed E-state index contributed by atoms with van der Waals surface area (Å²) in [7, 11) is 0.